The van der Waals surface area contributed by atoms with Gasteiger partial charge in [0.2, 0.25) is 0 Å². The van der Waals surface area contributed by atoms with Crippen molar-refractivity contribution in [3.63, 3.8) is 0 Å². The number of ether oxygens (including phenoxy) is 1. The molecule has 2 aromatic carbocycles. The van der Waals surface area contributed by atoms with Crippen LogP contribution in [0.15, 0.2) is 54.1 Å². The molecule has 4 heteroatoms. The zero-order chi connectivity index (χ0) is 17.3. The van der Waals surface area contributed by atoms with E-state index in [0.29, 0.717) is 10.8 Å². The van der Waals surface area contributed by atoms with Crippen molar-refractivity contribution in [1.82, 2.24) is 0 Å². The SMILES string of the molecule is COc1ccc2c(c1)C(CC(=O)O)=C(C)/C2=C(/Cl)c1ccccc1. The molecule has 3 nitrogen and oxygen atoms in total. The van der Waals surface area contributed by atoms with Crippen LogP contribution in [0.25, 0.3) is 16.2 Å². The minimum atomic E-state index is -0.866. The summed E-state index contributed by atoms with van der Waals surface area (Å²) in [4.78, 5) is 11.3. The highest BCUT2D eigenvalue weighted by Gasteiger charge is 2.28. The summed E-state index contributed by atoms with van der Waals surface area (Å²) in [5.74, 6) is -0.170. The molecule has 0 heterocycles. The summed E-state index contributed by atoms with van der Waals surface area (Å²) in [6.07, 6.45) is -0.0472. The van der Waals surface area contributed by atoms with E-state index in [0.717, 1.165) is 33.4 Å². The van der Waals surface area contributed by atoms with Crippen molar-refractivity contribution in [3.8, 4) is 5.75 Å². The zero-order valence-electron chi connectivity index (χ0n) is 13.5. The van der Waals surface area contributed by atoms with E-state index in [4.69, 9.17) is 16.3 Å². The number of halogens is 1. The number of carboxylic acid groups (broad SMARTS) is 1. The van der Waals surface area contributed by atoms with Crippen LogP contribution < -0.4 is 4.74 Å². The van der Waals surface area contributed by atoms with Gasteiger partial charge in [0.15, 0.2) is 0 Å². The summed E-state index contributed by atoms with van der Waals surface area (Å²) in [6, 6.07) is 15.4. The maximum atomic E-state index is 11.3. The molecule has 0 fully saturated rings. The summed E-state index contributed by atoms with van der Waals surface area (Å²) in [5.41, 5.74) is 5.29. The van der Waals surface area contributed by atoms with Crippen LogP contribution >= 0.6 is 11.6 Å². The second-order valence-electron chi connectivity index (χ2n) is 5.64. The highest BCUT2D eigenvalue weighted by molar-refractivity contribution is 6.54. The first-order chi connectivity index (χ1) is 11.5. The molecule has 0 aromatic heterocycles. The predicted octanol–water partition coefficient (Wildman–Crippen LogP) is 5.06. The van der Waals surface area contributed by atoms with Crippen LogP contribution in [0.5, 0.6) is 5.75 Å². The molecule has 24 heavy (non-hydrogen) atoms. The minimum Gasteiger partial charge on any atom is -0.497 e. The molecule has 1 aliphatic carbocycles. The van der Waals surface area contributed by atoms with Crippen LogP contribution in [0.4, 0.5) is 0 Å². The highest BCUT2D eigenvalue weighted by Crippen LogP contribution is 2.47. The van der Waals surface area contributed by atoms with Crippen molar-refractivity contribution in [2.75, 3.05) is 7.11 Å². The summed E-state index contributed by atoms with van der Waals surface area (Å²) in [5, 5.41) is 9.90. The molecule has 3 rings (SSSR count). The number of methoxy groups -OCH3 is 1. The van der Waals surface area contributed by atoms with E-state index in [1.807, 2.05) is 55.5 Å². The van der Waals surface area contributed by atoms with E-state index in [1.165, 1.54) is 0 Å². The summed E-state index contributed by atoms with van der Waals surface area (Å²) >= 11 is 6.68. The molecule has 0 saturated carbocycles. The molecule has 0 atom stereocenters. The van der Waals surface area contributed by atoms with Gasteiger partial charge in [0, 0.05) is 5.57 Å². The fraction of sp³-hybridized carbons (Fsp3) is 0.150. The molecule has 0 amide bonds. The average molecular weight is 341 g/mol. The van der Waals surface area contributed by atoms with Crippen molar-refractivity contribution in [3.05, 3.63) is 70.8 Å². The fourth-order valence-corrected chi connectivity index (χ4v) is 3.43. The number of allylic oxidation sites excluding steroid dienone is 2. The number of carbonyl (C=O) groups is 1. The Morgan fingerprint density at radius 2 is 1.83 bits per heavy atom. The normalized spacial score (nSPS) is 15.3. The first-order valence-corrected chi connectivity index (χ1v) is 7.96. The Balaban J connectivity index is 2.25. The number of carboxylic acids is 1. The van der Waals surface area contributed by atoms with Gasteiger partial charge < -0.3 is 9.84 Å². The largest absolute Gasteiger partial charge is 0.497 e. The Morgan fingerprint density at radius 3 is 2.46 bits per heavy atom. The van der Waals surface area contributed by atoms with Gasteiger partial charge in [-0.15, -0.1) is 0 Å². The van der Waals surface area contributed by atoms with Crippen molar-refractivity contribution in [1.29, 1.82) is 0 Å². The summed E-state index contributed by atoms with van der Waals surface area (Å²) in [7, 11) is 1.60. The van der Waals surface area contributed by atoms with Crippen molar-refractivity contribution in [2.45, 2.75) is 13.3 Å². The zero-order valence-corrected chi connectivity index (χ0v) is 14.2. The molecule has 0 bridgehead atoms. The van der Waals surface area contributed by atoms with Crippen molar-refractivity contribution in [2.24, 2.45) is 0 Å². The number of fused-ring (bicyclic) bond motifs is 1. The van der Waals surface area contributed by atoms with Gasteiger partial charge in [0.05, 0.1) is 18.6 Å². The van der Waals surface area contributed by atoms with Gasteiger partial charge in [-0.2, -0.15) is 0 Å². The quantitative estimate of drug-likeness (QED) is 0.845. The number of aliphatic carboxylic acids is 1. The topological polar surface area (TPSA) is 46.5 Å². The highest BCUT2D eigenvalue weighted by atomic mass is 35.5. The first kappa shape index (κ1) is 16.3. The molecule has 0 aliphatic heterocycles. The third kappa shape index (κ3) is 2.83. The lowest BCUT2D eigenvalue weighted by atomic mass is 10.00. The molecule has 0 unspecified atom stereocenters. The van der Waals surface area contributed by atoms with E-state index in [1.54, 1.807) is 7.11 Å². The van der Waals surface area contributed by atoms with Gasteiger partial charge in [-0.3, -0.25) is 4.79 Å². The molecule has 0 radical (unpaired) electrons. The Morgan fingerprint density at radius 1 is 1.12 bits per heavy atom. The van der Waals surface area contributed by atoms with Crippen LogP contribution in [0, 0.1) is 0 Å². The van der Waals surface area contributed by atoms with Gasteiger partial charge in [-0.05, 0) is 46.9 Å². The number of rotatable bonds is 4. The van der Waals surface area contributed by atoms with Crippen molar-refractivity contribution >= 4 is 33.7 Å². The molecular formula is C20H17ClO3. The third-order valence-electron chi connectivity index (χ3n) is 4.22. The Kier molecular flexibility index (Phi) is 4.45. The Labute approximate surface area is 145 Å². The van der Waals surface area contributed by atoms with Crippen LogP contribution in [-0.4, -0.2) is 18.2 Å². The van der Waals surface area contributed by atoms with Gasteiger partial charge in [-0.25, -0.2) is 0 Å². The molecule has 122 valence electrons. The smallest absolute Gasteiger partial charge is 0.307 e. The number of hydrogen-bond acceptors (Lipinski definition) is 2. The molecule has 2 aromatic rings. The van der Waals surface area contributed by atoms with E-state index in [-0.39, 0.29) is 6.42 Å². The molecule has 1 N–H and O–H groups in total. The third-order valence-corrected chi connectivity index (χ3v) is 4.63. The summed E-state index contributed by atoms with van der Waals surface area (Å²) < 4.78 is 5.29. The van der Waals surface area contributed by atoms with Gasteiger partial charge in [0.25, 0.3) is 0 Å². The Bertz CT molecular complexity index is 864. The lowest BCUT2D eigenvalue weighted by molar-refractivity contribution is -0.135. The number of benzene rings is 2. The van der Waals surface area contributed by atoms with E-state index < -0.39 is 5.97 Å². The first-order valence-electron chi connectivity index (χ1n) is 7.58. The maximum absolute atomic E-state index is 11.3. The van der Waals surface area contributed by atoms with Gasteiger partial charge in [0.1, 0.15) is 5.75 Å². The van der Waals surface area contributed by atoms with E-state index >= 15 is 0 Å². The minimum absolute atomic E-state index is 0.0472. The van der Waals surface area contributed by atoms with Crippen LogP contribution in [-0.2, 0) is 4.79 Å². The molecular weight excluding hydrogens is 324 g/mol. The summed E-state index contributed by atoms with van der Waals surface area (Å²) in [6.45, 7) is 1.92. The molecule has 0 spiro atoms. The predicted molar refractivity (Wildman–Crippen MR) is 96.9 cm³/mol. The second kappa shape index (κ2) is 6.54. The average Bonchev–Trinajstić information content (AvgIpc) is 2.86. The van der Waals surface area contributed by atoms with Crippen LogP contribution in [0.2, 0.25) is 0 Å². The van der Waals surface area contributed by atoms with Crippen LogP contribution in [0.1, 0.15) is 30.0 Å². The van der Waals surface area contributed by atoms with Crippen LogP contribution in [0.3, 0.4) is 0 Å². The van der Waals surface area contributed by atoms with Crippen molar-refractivity contribution < 1.29 is 14.6 Å². The molecule has 0 saturated heterocycles. The van der Waals surface area contributed by atoms with Gasteiger partial charge >= 0.3 is 5.97 Å². The van der Waals surface area contributed by atoms with E-state index in [2.05, 4.69) is 0 Å². The van der Waals surface area contributed by atoms with E-state index in [9.17, 15) is 9.90 Å². The monoisotopic (exact) mass is 340 g/mol. The standard InChI is InChI=1S/C20H17ClO3/c1-12-16(11-18(22)23)17-10-14(24-2)8-9-15(17)19(12)20(21)13-6-4-3-5-7-13/h3-10H,11H2,1-2H3,(H,22,23)/b20-19-. The Hall–Kier alpha value is -2.52. The lowest BCUT2D eigenvalue weighted by Gasteiger charge is -2.09. The maximum Gasteiger partial charge on any atom is 0.307 e. The lowest BCUT2D eigenvalue weighted by Crippen LogP contribution is -1.97. The fourth-order valence-electron chi connectivity index (χ4n) is 3.06. The second-order valence-corrected chi connectivity index (χ2v) is 6.02. The number of hydrogen-bond donors (Lipinski definition) is 1. The molecule has 1 aliphatic rings. The van der Waals surface area contributed by atoms with Gasteiger partial charge in [-0.1, -0.05) is 48.0 Å².